The zero-order valence-corrected chi connectivity index (χ0v) is 20.0. The summed E-state index contributed by atoms with van der Waals surface area (Å²) in [5.74, 6) is -0.438. The number of ether oxygens (including phenoxy) is 1. The van der Waals surface area contributed by atoms with Crippen LogP contribution in [0.15, 0.2) is 59.5 Å². The molecule has 174 valence electrons. The predicted octanol–water partition coefficient (Wildman–Crippen LogP) is 4.27. The lowest BCUT2D eigenvalue weighted by molar-refractivity contribution is 0.102. The van der Waals surface area contributed by atoms with Crippen LogP contribution in [0, 0.1) is 0 Å². The largest absolute Gasteiger partial charge is 0.453 e. The Labute approximate surface area is 196 Å². The van der Waals surface area contributed by atoms with Gasteiger partial charge in [0, 0.05) is 24.2 Å². The van der Waals surface area contributed by atoms with E-state index < -0.39 is 22.0 Å². The van der Waals surface area contributed by atoms with Gasteiger partial charge in [0.05, 0.1) is 12.0 Å². The van der Waals surface area contributed by atoms with Crippen LogP contribution < -0.4 is 10.6 Å². The van der Waals surface area contributed by atoms with Crippen LogP contribution in [0.25, 0.3) is 11.3 Å². The summed E-state index contributed by atoms with van der Waals surface area (Å²) in [5.41, 5.74) is 1.52. The second-order valence-corrected chi connectivity index (χ2v) is 9.68. The highest BCUT2D eigenvalue weighted by Crippen LogP contribution is 2.36. The van der Waals surface area contributed by atoms with Gasteiger partial charge in [0.1, 0.15) is 10.7 Å². The van der Waals surface area contributed by atoms with Gasteiger partial charge in [-0.05, 0) is 24.3 Å². The first-order valence-corrected chi connectivity index (χ1v) is 12.4. The van der Waals surface area contributed by atoms with Crippen LogP contribution >= 0.6 is 11.3 Å². The fraction of sp³-hybridized carbons (Fsp3) is 0.227. The smallest absolute Gasteiger partial charge is 0.413 e. The topological polar surface area (TPSA) is 118 Å². The molecule has 0 aliphatic carbocycles. The monoisotopic (exact) mass is 488 g/mol. The van der Waals surface area contributed by atoms with Crippen molar-refractivity contribution in [2.45, 2.75) is 18.7 Å². The number of benzene rings is 2. The number of nitrogens with zero attached hydrogens (tertiary/aromatic N) is 2. The first-order chi connectivity index (χ1) is 15.8. The Morgan fingerprint density at radius 1 is 1.00 bits per heavy atom. The van der Waals surface area contributed by atoms with E-state index in [2.05, 4.69) is 20.4 Å². The number of nitrogens with one attached hydrogen (secondary N) is 2. The number of hydrogen-bond acceptors (Lipinski definition) is 7. The SMILES string of the molecule is CCN(CC)S(=O)(=O)c1ccc(C(=O)Nc2sc(NC(=O)OC)nc2-c2ccccc2)cc1. The van der Waals surface area contributed by atoms with E-state index in [1.807, 2.05) is 30.3 Å². The average molecular weight is 489 g/mol. The minimum Gasteiger partial charge on any atom is -0.453 e. The first kappa shape index (κ1) is 24.4. The molecule has 33 heavy (non-hydrogen) atoms. The second kappa shape index (κ2) is 10.6. The molecule has 0 fully saturated rings. The van der Waals surface area contributed by atoms with Gasteiger partial charge in [-0.15, -0.1) is 0 Å². The van der Waals surface area contributed by atoms with E-state index >= 15 is 0 Å². The summed E-state index contributed by atoms with van der Waals surface area (Å²) >= 11 is 1.08. The summed E-state index contributed by atoms with van der Waals surface area (Å²) < 4.78 is 31.3. The summed E-state index contributed by atoms with van der Waals surface area (Å²) in [6.07, 6.45) is -0.675. The van der Waals surface area contributed by atoms with Gasteiger partial charge in [0.15, 0.2) is 5.13 Å². The fourth-order valence-electron chi connectivity index (χ4n) is 3.05. The third kappa shape index (κ3) is 5.56. The fourth-order valence-corrected chi connectivity index (χ4v) is 5.38. The van der Waals surface area contributed by atoms with Crippen LogP contribution in [0.5, 0.6) is 0 Å². The number of amides is 2. The van der Waals surface area contributed by atoms with Crippen molar-refractivity contribution < 1.29 is 22.7 Å². The van der Waals surface area contributed by atoms with Gasteiger partial charge in [-0.2, -0.15) is 4.31 Å². The van der Waals surface area contributed by atoms with E-state index in [-0.39, 0.29) is 15.6 Å². The van der Waals surface area contributed by atoms with Crippen LogP contribution in [0.4, 0.5) is 14.9 Å². The molecule has 1 aromatic heterocycles. The molecule has 3 rings (SSSR count). The lowest BCUT2D eigenvalue weighted by atomic mass is 10.1. The summed E-state index contributed by atoms with van der Waals surface area (Å²) in [5, 5.41) is 6.00. The predicted molar refractivity (Wildman–Crippen MR) is 128 cm³/mol. The number of rotatable bonds is 8. The van der Waals surface area contributed by atoms with Crippen LogP contribution in [0.2, 0.25) is 0 Å². The highest BCUT2D eigenvalue weighted by molar-refractivity contribution is 7.89. The van der Waals surface area contributed by atoms with Crippen molar-refractivity contribution >= 4 is 43.5 Å². The molecule has 0 saturated heterocycles. The number of carbonyl (C=O) groups is 2. The zero-order chi connectivity index (χ0) is 24.0. The highest BCUT2D eigenvalue weighted by Gasteiger charge is 2.22. The van der Waals surface area contributed by atoms with Crippen molar-refractivity contribution in [2.24, 2.45) is 0 Å². The average Bonchev–Trinajstić information content (AvgIpc) is 3.22. The van der Waals surface area contributed by atoms with Crippen LogP contribution in [0.3, 0.4) is 0 Å². The van der Waals surface area contributed by atoms with E-state index in [0.717, 1.165) is 16.9 Å². The minimum atomic E-state index is -3.61. The molecule has 3 aromatic rings. The first-order valence-electron chi connectivity index (χ1n) is 10.1. The molecule has 2 aromatic carbocycles. The van der Waals surface area contributed by atoms with E-state index in [1.165, 1.54) is 35.7 Å². The number of carbonyl (C=O) groups excluding carboxylic acids is 2. The molecule has 0 unspecified atom stereocenters. The van der Waals surface area contributed by atoms with Crippen molar-refractivity contribution in [1.82, 2.24) is 9.29 Å². The molecular weight excluding hydrogens is 464 g/mol. The van der Waals surface area contributed by atoms with E-state index in [9.17, 15) is 18.0 Å². The van der Waals surface area contributed by atoms with Crippen LogP contribution in [0.1, 0.15) is 24.2 Å². The molecule has 0 bridgehead atoms. The number of anilines is 2. The molecule has 0 spiro atoms. The third-order valence-corrected chi connectivity index (χ3v) is 7.71. The molecule has 0 saturated carbocycles. The van der Waals surface area contributed by atoms with Crippen LogP contribution in [-0.4, -0.2) is 49.9 Å². The molecule has 9 nitrogen and oxygen atoms in total. The quantitative estimate of drug-likeness (QED) is 0.489. The van der Waals surface area contributed by atoms with E-state index in [1.54, 1.807) is 13.8 Å². The lowest BCUT2D eigenvalue weighted by Gasteiger charge is -2.18. The Morgan fingerprint density at radius 2 is 1.64 bits per heavy atom. The molecule has 2 amide bonds. The second-order valence-electron chi connectivity index (χ2n) is 6.75. The van der Waals surface area contributed by atoms with Gasteiger partial charge in [0.2, 0.25) is 10.0 Å². The highest BCUT2D eigenvalue weighted by atomic mass is 32.2. The van der Waals surface area contributed by atoms with Gasteiger partial charge >= 0.3 is 6.09 Å². The Hall–Kier alpha value is -3.28. The van der Waals surface area contributed by atoms with E-state index in [4.69, 9.17) is 0 Å². The summed E-state index contributed by atoms with van der Waals surface area (Å²) in [6.45, 7) is 4.25. The third-order valence-electron chi connectivity index (χ3n) is 4.76. The number of aromatic nitrogens is 1. The normalized spacial score (nSPS) is 11.3. The Kier molecular flexibility index (Phi) is 7.79. The van der Waals surface area contributed by atoms with Crippen molar-refractivity contribution in [3.8, 4) is 11.3 Å². The maximum absolute atomic E-state index is 12.9. The Bertz CT molecular complexity index is 1220. The maximum Gasteiger partial charge on any atom is 0.413 e. The number of sulfonamides is 1. The maximum atomic E-state index is 12.9. The van der Waals surface area contributed by atoms with Crippen molar-refractivity contribution in [1.29, 1.82) is 0 Å². The molecule has 2 N–H and O–H groups in total. The zero-order valence-electron chi connectivity index (χ0n) is 18.4. The summed E-state index contributed by atoms with van der Waals surface area (Å²) in [4.78, 5) is 29.0. The standard InChI is InChI=1S/C22H24N4O5S2/c1-4-26(5-2)33(29,30)17-13-11-16(12-14-17)19(27)24-20-18(15-9-7-6-8-10-15)23-21(32-20)25-22(28)31-3/h6-14H,4-5H2,1-3H3,(H,24,27)(H,23,25,28). The lowest BCUT2D eigenvalue weighted by Crippen LogP contribution is -2.30. The number of methoxy groups -OCH3 is 1. The summed E-state index contributed by atoms with van der Waals surface area (Å²) in [7, 11) is -2.37. The number of hydrogen-bond donors (Lipinski definition) is 2. The molecule has 0 atom stereocenters. The molecule has 0 aliphatic rings. The Balaban J connectivity index is 1.87. The van der Waals surface area contributed by atoms with Crippen molar-refractivity contribution in [3.63, 3.8) is 0 Å². The summed E-state index contributed by atoms with van der Waals surface area (Å²) in [6, 6.07) is 14.9. The van der Waals surface area contributed by atoms with E-state index in [0.29, 0.717) is 23.8 Å². The van der Waals surface area contributed by atoms with Gasteiger partial charge in [-0.1, -0.05) is 55.5 Å². The minimum absolute atomic E-state index is 0.120. The molecular formula is C22H24N4O5S2. The molecule has 1 heterocycles. The Morgan fingerprint density at radius 3 is 2.21 bits per heavy atom. The number of thiazole rings is 1. The van der Waals surface area contributed by atoms with Gasteiger partial charge in [-0.3, -0.25) is 10.1 Å². The molecule has 11 heteroatoms. The molecule has 0 aliphatic heterocycles. The molecule has 0 radical (unpaired) electrons. The van der Waals surface area contributed by atoms with Crippen molar-refractivity contribution in [2.75, 3.05) is 30.8 Å². The van der Waals surface area contributed by atoms with Gasteiger partial charge in [0.25, 0.3) is 5.91 Å². The van der Waals surface area contributed by atoms with Crippen molar-refractivity contribution in [3.05, 3.63) is 60.2 Å². The van der Waals surface area contributed by atoms with Gasteiger partial charge in [-0.25, -0.2) is 18.2 Å². The van der Waals surface area contributed by atoms with Crippen LogP contribution in [-0.2, 0) is 14.8 Å². The van der Waals surface area contributed by atoms with Gasteiger partial charge < -0.3 is 10.1 Å².